The second-order valence-corrected chi connectivity index (χ2v) is 2.61. The molecule has 0 spiro atoms. The lowest BCUT2D eigenvalue weighted by Gasteiger charge is -1.98. The molecule has 0 fully saturated rings. The lowest BCUT2D eigenvalue weighted by atomic mass is 10.1. The molecule has 1 aliphatic carbocycles. The van der Waals surface area contributed by atoms with Gasteiger partial charge in [-0.1, -0.05) is 25.3 Å². The van der Waals surface area contributed by atoms with E-state index < -0.39 is 0 Å². The van der Waals surface area contributed by atoms with E-state index in [9.17, 15) is 0 Å². The van der Waals surface area contributed by atoms with Crippen molar-refractivity contribution in [2.75, 3.05) is 0 Å². The number of rotatable bonds is 1. The molecule has 0 aliphatic heterocycles. The molecule has 0 heteroatoms. The largest absolute Gasteiger partial charge is 0.0984 e. The predicted octanol–water partition coefficient (Wildman–Crippen LogP) is 3.01. The van der Waals surface area contributed by atoms with E-state index >= 15 is 0 Å². The van der Waals surface area contributed by atoms with Crippen molar-refractivity contribution < 1.29 is 0 Å². The van der Waals surface area contributed by atoms with Gasteiger partial charge in [-0.3, -0.25) is 0 Å². The van der Waals surface area contributed by atoms with Crippen LogP contribution >= 0.6 is 0 Å². The molecule has 0 radical (unpaired) electrons. The smallest absolute Gasteiger partial charge is 0.0164 e. The maximum atomic E-state index is 3.94. The molecule has 0 aromatic heterocycles. The summed E-state index contributed by atoms with van der Waals surface area (Å²) in [5.74, 6) is 0. The van der Waals surface area contributed by atoms with Gasteiger partial charge in [-0.25, -0.2) is 0 Å². The first-order chi connectivity index (χ1) is 4.66. The van der Waals surface area contributed by atoms with Gasteiger partial charge >= 0.3 is 0 Å². The van der Waals surface area contributed by atoms with E-state index in [1.54, 1.807) is 0 Å². The van der Waals surface area contributed by atoms with Crippen LogP contribution in [0.5, 0.6) is 0 Å². The van der Waals surface area contributed by atoms with Crippen molar-refractivity contribution >= 4 is 0 Å². The Morgan fingerprint density at radius 1 is 1.40 bits per heavy atom. The Kier molecular flexibility index (Phi) is 1.62. The average Bonchev–Trinajstić information content (AvgIpc) is 2.09. The second kappa shape index (κ2) is 2.30. The van der Waals surface area contributed by atoms with Gasteiger partial charge in [0.25, 0.3) is 0 Å². The fraction of sp³-hybridized carbons (Fsp3) is 0.200. The Morgan fingerprint density at radius 2 is 2.00 bits per heavy atom. The normalized spacial score (nSPS) is 17.8. The highest BCUT2D eigenvalue weighted by Crippen LogP contribution is 2.29. The van der Waals surface area contributed by atoms with E-state index in [0.29, 0.717) is 0 Å². The molecular formula is C10H12. The summed E-state index contributed by atoms with van der Waals surface area (Å²) in [6.07, 6.45) is 4.00. The standard InChI is InChI=1S/C10H12/c1-5-10-8(3)6-7(2)9(10)4/h5-6H,1,4H2,2-3H3. The van der Waals surface area contributed by atoms with Crippen molar-refractivity contribution in [2.24, 2.45) is 0 Å². The fourth-order valence-corrected chi connectivity index (χ4v) is 1.22. The highest BCUT2D eigenvalue weighted by molar-refractivity contribution is 5.60. The number of hydrogen-bond acceptors (Lipinski definition) is 0. The molecule has 10 heavy (non-hydrogen) atoms. The van der Waals surface area contributed by atoms with Crippen LogP contribution in [0.15, 0.2) is 47.6 Å². The Hall–Kier alpha value is -1.04. The molecular weight excluding hydrogens is 120 g/mol. The summed E-state index contributed by atoms with van der Waals surface area (Å²) in [6.45, 7) is 11.8. The van der Waals surface area contributed by atoms with E-state index in [2.05, 4.69) is 33.1 Å². The van der Waals surface area contributed by atoms with Crippen molar-refractivity contribution in [1.29, 1.82) is 0 Å². The van der Waals surface area contributed by atoms with E-state index in [1.165, 1.54) is 16.7 Å². The molecule has 0 atom stereocenters. The summed E-state index contributed by atoms with van der Waals surface area (Å²) in [4.78, 5) is 0. The highest BCUT2D eigenvalue weighted by Gasteiger charge is 2.10. The fourth-order valence-electron chi connectivity index (χ4n) is 1.22. The molecule has 0 saturated carbocycles. The monoisotopic (exact) mass is 132 g/mol. The van der Waals surface area contributed by atoms with Gasteiger partial charge in [0.2, 0.25) is 0 Å². The Labute approximate surface area is 62.3 Å². The van der Waals surface area contributed by atoms with Gasteiger partial charge in [0.15, 0.2) is 0 Å². The van der Waals surface area contributed by atoms with Crippen LogP contribution in [0.2, 0.25) is 0 Å². The molecule has 1 rings (SSSR count). The van der Waals surface area contributed by atoms with E-state index in [1.807, 2.05) is 6.08 Å². The molecule has 0 saturated heterocycles. The molecule has 0 nitrogen and oxygen atoms in total. The molecule has 52 valence electrons. The van der Waals surface area contributed by atoms with Gasteiger partial charge < -0.3 is 0 Å². The van der Waals surface area contributed by atoms with Crippen molar-refractivity contribution in [3.05, 3.63) is 47.6 Å². The third-order valence-electron chi connectivity index (χ3n) is 1.86. The summed E-state index contributed by atoms with van der Waals surface area (Å²) >= 11 is 0. The summed E-state index contributed by atoms with van der Waals surface area (Å²) in [7, 11) is 0. The Bertz CT molecular complexity index is 249. The van der Waals surface area contributed by atoms with Crippen molar-refractivity contribution in [1.82, 2.24) is 0 Å². The predicted molar refractivity (Wildman–Crippen MR) is 45.8 cm³/mol. The van der Waals surface area contributed by atoms with E-state index in [4.69, 9.17) is 0 Å². The van der Waals surface area contributed by atoms with Gasteiger partial charge in [-0.15, -0.1) is 0 Å². The molecule has 0 unspecified atom stereocenters. The minimum Gasteiger partial charge on any atom is -0.0984 e. The molecule has 0 N–H and O–H groups in total. The summed E-state index contributed by atoms with van der Waals surface area (Å²) in [5.41, 5.74) is 4.84. The van der Waals surface area contributed by atoms with Crippen LogP contribution in [0.4, 0.5) is 0 Å². The summed E-state index contributed by atoms with van der Waals surface area (Å²) in [5, 5.41) is 0. The van der Waals surface area contributed by atoms with Gasteiger partial charge in [0.05, 0.1) is 0 Å². The number of hydrogen-bond donors (Lipinski definition) is 0. The van der Waals surface area contributed by atoms with Gasteiger partial charge in [0, 0.05) is 0 Å². The molecule has 0 aromatic carbocycles. The molecule has 1 aliphatic rings. The molecule has 0 heterocycles. The van der Waals surface area contributed by atoms with Crippen LogP contribution < -0.4 is 0 Å². The first-order valence-corrected chi connectivity index (χ1v) is 3.38. The molecule has 0 aromatic rings. The molecule has 0 bridgehead atoms. The average molecular weight is 132 g/mol. The quantitative estimate of drug-likeness (QED) is 0.514. The second-order valence-electron chi connectivity index (χ2n) is 2.61. The van der Waals surface area contributed by atoms with E-state index in [-0.39, 0.29) is 0 Å². The van der Waals surface area contributed by atoms with Gasteiger partial charge in [-0.05, 0) is 36.1 Å². The Morgan fingerprint density at radius 3 is 2.20 bits per heavy atom. The topological polar surface area (TPSA) is 0 Å². The van der Waals surface area contributed by atoms with Gasteiger partial charge in [0.1, 0.15) is 0 Å². The van der Waals surface area contributed by atoms with Crippen LogP contribution in [-0.2, 0) is 0 Å². The minimum absolute atomic E-state index is 1.12. The molecule has 0 amide bonds. The van der Waals surface area contributed by atoms with Crippen LogP contribution in [0.3, 0.4) is 0 Å². The lowest BCUT2D eigenvalue weighted by Crippen LogP contribution is -1.79. The SMILES string of the molecule is C=CC1=C(C)C=C(C)C1=C. The highest BCUT2D eigenvalue weighted by atomic mass is 14.1. The van der Waals surface area contributed by atoms with Crippen LogP contribution in [-0.4, -0.2) is 0 Å². The first-order valence-electron chi connectivity index (χ1n) is 3.38. The van der Waals surface area contributed by atoms with Crippen LogP contribution in [0.25, 0.3) is 0 Å². The van der Waals surface area contributed by atoms with E-state index in [0.717, 1.165) is 5.57 Å². The lowest BCUT2D eigenvalue weighted by molar-refractivity contribution is 1.45. The minimum atomic E-state index is 1.12. The van der Waals surface area contributed by atoms with Crippen molar-refractivity contribution in [3.63, 3.8) is 0 Å². The maximum Gasteiger partial charge on any atom is -0.0164 e. The van der Waals surface area contributed by atoms with Crippen LogP contribution in [0.1, 0.15) is 13.8 Å². The Balaban J connectivity index is 3.10. The zero-order valence-corrected chi connectivity index (χ0v) is 6.57. The third-order valence-corrected chi connectivity index (χ3v) is 1.86. The van der Waals surface area contributed by atoms with Gasteiger partial charge in [-0.2, -0.15) is 0 Å². The van der Waals surface area contributed by atoms with Crippen molar-refractivity contribution in [2.45, 2.75) is 13.8 Å². The van der Waals surface area contributed by atoms with Crippen molar-refractivity contribution in [3.8, 4) is 0 Å². The maximum absolute atomic E-state index is 3.94. The third kappa shape index (κ3) is 0.860. The first kappa shape index (κ1) is 7.07. The zero-order valence-electron chi connectivity index (χ0n) is 6.57. The summed E-state index contributed by atoms with van der Waals surface area (Å²) < 4.78 is 0. The summed E-state index contributed by atoms with van der Waals surface area (Å²) in [6, 6.07) is 0. The zero-order chi connectivity index (χ0) is 7.72. The van der Waals surface area contributed by atoms with Crippen LogP contribution in [0, 0.1) is 0 Å². The number of allylic oxidation sites excluding steroid dienone is 6.